The quantitative estimate of drug-likeness (QED) is 0.218. The minimum atomic E-state index is -3.95. The third-order valence-corrected chi connectivity index (χ3v) is 8.99. The highest BCUT2D eigenvalue weighted by Gasteiger charge is 2.49. The number of carbonyl (C=O) groups excluding carboxylic acids is 3. The SMILES string of the molecule is COc1cc(/C=C2\SC(=S)N(C3CC(=O)N(c4ccc(S(N)(=O)=O)cc4)C3=O)C2=O)ccc1OCc1ccc(Cl)cc1. The van der Waals surface area contributed by atoms with Crippen molar-refractivity contribution in [1.29, 1.82) is 0 Å². The van der Waals surface area contributed by atoms with Crippen LogP contribution in [0.3, 0.4) is 0 Å². The van der Waals surface area contributed by atoms with E-state index >= 15 is 0 Å². The van der Waals surface area contributed by atoms with Gasteiger partial charge in [0.2, 0.25) is 15.9 Å². The Labute approximate surface area is 256 Å². The van der Waals surface area contributed by atoms with E-state index in [-0.39, 0.29) is 26.2 Å². The third kappa shape index (κ3) is 6.05. The number of primary sulfonamides is 1. The molecule has 0 saturated carbocycles. The molecular formula is C28H22ClN3O7S3. The van der Waals surface area contributed by atoms with Gasteiger partial charge in [0, 0.05) is 5.02 Å². The number of carbonyl (C=O) groups is 3. The first-order valence-electron chi connectivity index (χ1n) is 12.3. The van der Waals surface area contributed by atoms with Crippen LogP contribution in [0.1, 0.15) is 17.5 Å². The van der Waals surface area contributed by atoms with Gasteiger partial charge in [-0.3, -0.25) is 19.3 Å². The molecule has 3 aromatic carbocycles. The maximum Gasteiger partial charge on any atom is 0.266 e. The predicted octanol–water partition coefficient (Wildman–Crippen LogP) is 4.11. The Morgan fingerprint density at radius 1 is 1.05 bits per heavy atom. The van der Waals surface area contributed by atoms with Gasteiger partial charge in [0.05, 0.1) is 29.0 Å². The molecule has 42 heavy (non-hydrogen) atoms. The molecule has 1 unspecified atom stereocenters. The minimum absolute atomic E-state index is 0.138. The Morgan fingerprint density at radius 3 is 2.38 bits per heavy atom. The van der Waals surface area contributed by atoms with Crippen LogP contribution in [0.4, 0.5) is 5.69 Å². The smallest absolute Gasteiger partial charge is 0.266 e. The summed E-state index contributed by atoms with van der Waals surface area (Å²) in [7, 11) is -2.45. The summed E-state index contributed by atoms with van der Waals surface area (Å²) in [5.74, 6) is -0.752. The second-order valence-corrected chi connectivity index (χ2v) is 12.9. The summed E-state index contributed by atoms with van der Waals surface area (Å²) >= 11 is 12.4. The Balaban J connectivity index is 1.32. The fourth-order valence-corrected chi connectivity index (χ4v) is 6.41. The summed E-state index contributed by atoms with van der Waals surface area (Å²) in [6.45, 7) is 0.299. The number of benzene rings is 3. The number of anilines is 1. The second kappa shape index (κ2) is 11.9. The van der Waals surface area contributed by atoms with Crippen molar-refractivity contribution in [2.45, 2.75) is 24.0 Å². The molecule has 2 saturated heterocycles. The summed E-state index contributed by atoms with van der Waals surface area (Å²) in [4.78, 5) is 41.6. The van der Waals surface area contributed by atoms with Gasteiger partial charge in [-0.15, -0.1) is 0 Å². The standard InChI is InChI=1S/C28H22ClN3O7S3/c1-38-23-12-17(4-11-22(23)39-15-16-2-5-18(29)6-3-16)13-24-27(35)32(28(40)41-24)21-14-25(33)31(26(21)34)19-7-9-20(10-8-19)42(30,36)37/h2-13,21H,14-15H2,1H3,(H2,30,36,37)/b24-13-. The van der Waals surface area contributed by atoms with E-state index in [0.717, 1.165) is 27.1 Å². The van der Waals surface area contributed by atoms with Crippen LogP contribution in [0.2, 0.25) is 5.02 Å². The molecule has 3 amide bonds. The van der Waals surface area contributed by atoms with Crippen molar-refractivity contribution in [2.24, 2.45) is 5.14 Å². The highest BCUT2D eigenvalue weighted by molar-refractivity contribution is 8.26. The molecule has 2 heterocycles. The monoisotopic (exact) mass is 643 g/mol. The van der Waals surface area contributed by atoms with Crippen LogP contribution in [0.25, 0.3) is 6.08 Å². The number of nitrogens with zero attached hydrogens (tertiary/aromatic N) is 2. The number of rotatable bonds is 8. The van der Waals surface area contributed by atoms with Gasteiger partial charge in [0.15, 0.2) is 11.5 Å². The van der Waals surface area contributed by atoms with E-state index in [1.54, 1.807) is 36.4 Å². The lowest BCUT2D eigenvalue weighted by Crippen LogP contribution is -2.44. The Kier molecular flexibility index (Phi) is 8.39. The van der Waals surface area contributed by atoms with Crippen molar-refractivity contribution >= 4 is 79.4 Å². The van der Waals surface area contributed by atoms with Crippen molar-refractivity contribution in [2.75, 3.05) is 12.0 Å². The van der Waals surface area contributed by atoms with Crippen molar-refractivity contribution in [3.05, 3.63) is 87.8 Å². The fourth-order valence-electron chi connectivity index (χ4n) is 4.41. The number of hydrogen-bond acceptors (Lipinski definition) is 9. The van der Waals surface area contributed by atoms with E-state index in [1.807, 2.05) is 12.1 Å². The first-order chi connectivity index (χ1) is 20.0. The summed E-state index contributed by atoms with van der Waals surface area (Å²) in [6.07, 6.45) is 1.35. The average molecular weight is 644 g/mol. The van der Waals surface area contributed by atoms with Crippen molar-refractivity contribution in [3.8, 4) is 11.5 Å². The maximum atomic E-state index is 13.4. The minimum Gasteiger partial charge on any atom is -0.493 e. The number of ether oxygens (including phenoxy) is 2. The molecule has 2 aliphatic rings. The van der Waals surface area contributed by atoms with E-state index in [2.05, 4.69) is 0 Å². The van der Waals surface area contributed by atoms with Gasteiger partial charge < -0.3 is 9.47 Å². The molecule has 2 N–H and O–H groups in total. The molecule has 0 radical (unpaired) electrons. The Hall–Kier alpha value is -3.75. The van der Waals surface area contributed by atoms with Crippen LogP contribution in [0, 0.1) is 0 Å². The molecule has 1 atom stereocenters. The molecule has 2 fully saturated rings. The van der Waals surface area contributed by atoms with Gasteiger partial charge in [0.25, 0.3) is 11.8 Å². The van der Waals surface area contributed by atoms with Crippen LogP contribution in [0.15, 0.2) is 76.5 Å². The summed E-state index contributed by atoms with van der Waals surface area (Å²) in [6, 6.07) is 16.3. The van der Waals surface area contributed by atoms with E-state index in [9.17, 15) is 22.8 Å². The number of hydrogen-bond donors (Lipinski definition) is 1. The highest BCUT2D eigenvalue weighted by Crippen LogP contribution is 2.38. The number of amides is 3. The van der Waals surface area contributed by atoms with E-state index in [1.165, 1.54) is 31.4 Å². The normalized spacial score (nSPS) is 18.4. The van der Waals surface area contributed by atoms with Gasteiger partial charge in [-0.2, -0.15) is 0 Å². The van der Waals surface area contributed by atoms with Crippen LogP contribution < -0.4 is 19.5 Å². The zero-order chi connectivity index (χ0) is 30.2. The number of halogens is 1. The first-order valence-corrected chi connectivity index (χ1v) is 15.4. The van der Waals surface area contributed by atoms with E-state index in [4.69, 9.17) is 38.4 Å². The number of thioether (sulfide) groups is 1. The first kappa shape index (κ1) is 29.7. The van der Waals surface area contributed by atoms with Gasteiger partial charge in [0.1, 0.15) is 17.0 Å². The van der Waals surface area contributed by atoms with Crippen LogP contribution in [-0.4, -0.2) is 48.5 Å². The lowest BCUT2D eigenvalue weighted by molar-refractivity contribution is -0.129. The summed E-state index contributed by atoms with van der Waals surface area (Å²) in [5, 5.41) is 5.75. The Morgan fingerprint density at radius 2 is 1.74 bits per heavy atom. The molecule has 5 rings (SSSR count). The lowest BCUT2D eigenvalue weighted by Gasteiger charge is -2.21. The van der Waals surface area contributed by atoms with E-state index < -0.39 is 33.8 Å². The molecule has 3 aromatic rings. The van der Waals surface area contributed by atoms with Gasteiger partial charge in [-0.25, -0.2) is 18.5 Å². The van der Waals surface area contributed by atoms with E-state index in [0.29, 0.717) is 28.7 Å². The lowest BCUT2D eigenvalue weighted by atomic mass is 10.1. The third-order valence-electron chi connectivity index (χ3n) is 6.47. The van der Waals surface area contributed by atoms with Crippen LogP contribution in [0.5, 0.6) is 11.5 Å². The number of thiocarbonyl (C=S) groups is 1. The molecular weight excluding hydrogens is 622 g/mol. The number of imide groups is 1. The number of methoxy groups -OCH3 is 1. The summed E-state index contributed by atoms with van der Waals surface area (Å²) < 4.78 is 34.6. The molecule has 0 aliphatic carbocycles. The van der Waals surface area contributed by atoms with Gasteiger partial charge >= 0.3 is 0 Å². The van der Waals surface area contributed by atoms with Gasteiger partial charge in [-0.1, -0.05) is 53.8 Å². The average Bonchev–Trinajstić information content (AvgIpc) is 3.40. The predicted molar refractivity (Wildman–Crippen MR) is 163 cm³/mol. The zero-order valence-corrected chi connectivity index (χ0v) is 25.1. The molecule has 2 aliphatic heterocycles. The second-order valence-electron chi connectivity index (χ2n) is 9.20. The van der Waals surface area contributed by atoms with Crippen molar-refractivity contribution in [3.63, 3.8) is 0 Å². The fraction of sp³-hybridized carbons (Fsp3) is 0.143. The van der Waals surface area contributed by atoms with Crippen LogP contribution >= 0.6 is 35.6 Å². The maximum absolute atomic E-state index is 13.4. The topological polar surface area (TPSA) is 136 Å². The van der Waals surface area contributed by atoms with Crippen LogP contribution in [-0.2, 0) is 31.0 Å². The summed E-state index contributed by atoms with van der Waals surface area (Å²) in [5.41, 5.74) is 1.72. The molecule has 0 spiro atoms. The number of nitrogens with two attached hydrogens (primary N) is 1. The Bertz CT molecular complexity index is 1740. The van der Waals surface area contributed by atoms with Crippen molar-refractivity contribution in [1.82, 2.24) is 4.90 Å². The molecule has 14 heteroatoms. The largest absolute Gasteiger partial charge is 0.493 e. The zero-order valence-electron chi connectivity index (χ0n) is 21.9. The highest BCUT2D eigenvalue weighted by atomic mass is 35.5. The molecule has 0 aromatic heterocycles. The molecule has 216 valence electrons. The number of sulfonamides is 1. The molecule has 0 bridgehead atoms. The van der Waals surface area contributed by atoms with Crippen molar-refractivity contribution < 1.29 is 32.3 Å². The van der Waals surface area contributed by atoms with Gasteiger partial charge in [-0.05, 0) is 65.7 Å². The molecule has 10 nitrogen and oxygen atoms in total.